The van der Waals surface area contributed by atoms with Gasteiger partial charge < -0.3 is 5.11 Å². The molecule has 0 radical (unpaired) electrons. The molecule has 0 atom stereocenters. The highest BCUT2D eigenvalue weighted by Crippen LogP contribution is 2.33. The Bertz CT molecular complexity index is 806. The smallest absolute Gasteiger partial charge is 0.336 e. The summed E-state index contributed by atoms with van der Waals surface area (Å²) in [6.45, 7) is 0. The van der Waals surface area contributed by atoms with Crippen LogP contribution in [-0.2, 0) is 10.0 Å². The number of benzene rings is 2. The van der Waals surface area contributed by atoms with Crippen LogP contribution in [0, 0.1) is 0 Å². The van der Waals surface area contributed by atoms with Gasteiger partial charge in [-0.3, -0.25) is 0 Å². The Labute approximate surface area is 134 Å². The summed E-state index contributed by atoms with van der Waals surface area (Å²) in [6, 6.07) is 11.1. The second-order valence-corrected chi connectivity index (χ2v) is 7.66. The van der Waals surface area contributed by atoms with Crippen molar-refractivity contribution in [2.75, 3.05) is 0 Å². The standard InChI is InChI=1S/C13H10BrNO4S2/c14-8-2-1-3-9(6-8)20-12-5-4-10(21(15,18)19)7-11(12)13(16)17/h1-7H,(H,16,17)(H2,15,18,19). The molecule has 5 nitrogen and oxygen atoms in total. The van der Waals surface area contributed by atoms with Crippen molar-refractivity contribution in [3.63, 3.8) is 0 Å². The molecular formula is C13H10BrNO4S2. The summed E-state index contributed by atoms with van der Waals surface area (Å²) in [6.07, 6.45) is 0. The van der Waals surface area contributed by atoms with E-state index in [1.807, 2.05) is 24.3 Å². The summed E-state index contributed by atoms with van der Waals surface area (Å²) in [4.78, 5) is 12.3. The Morgan fingerprint density at radius 2 is 1.90 bits per heavy atom. The van der Waals surface area contributed by atoms with Crippen molar-refractivity contribution in [1.82, 2.24) is 0 Å². The molecular weight excluding hydrogens is 378 g/mol. The van der Waals surface area contributed by atoms with Crippen LogP contribution in [0.3, 0.4) is 0 Å². The van der Waals surface area contributed by atoms with Gasteiger partial charge in [0, 0.05) is 14.3 Å². The molecule has 2 aromatic carbocycles. The lowest BCUT2D eigenvalue weighted by atomic mass is 10.2. The molecule has 2 aromatic rings. The molecule has 3 N–H and O–H groups in total. The topological polar surface area (TPSA) is 97.5 Å². The van der Waals surface area contributed by atoms with E-state index in [1.165, 1.54) is 23.9 Å². The van der Waals surface area contributed by atoms with Crippen LogP contribution in [0.1, 0.15) is 10.4 Å². The first-order valence-electron chi connectivity index (χ1n) is 5.61. The monoisotopic (exact) mass is 387 g/mol. The average Bonchev–Trinajstić information content (AvgIpc) is 2.37. The SMILES string of the molecule is NS(=O)(=O)c1ccc(Sc2cccc(Br)c2)c(C(=O)O)c1. The molecule has 0 aliphatic heterocycles. The Morgan fingerprint density at radius 1 is 1.19 bits per heavy atom. The number of halogens is 1. The van der Waals surface area contributed by atoms with Crippen LogP contribution in [0.2, 0.25) is 0 Å². The van der Waals surface area contributed by atoms with E-state index in [4.69, 9.17) is 5.14 Å². The van der Waals surface area contributed by atoms with Gasteiger partial charge in [-0.2, -0.15) is 0 Å². The summed E-state index contributed by atoms with van der Waals surface area (Å²) in [5.41, 5.74) is -0.105. The van der Waals surface area contributed by atoms with Gasteiger partial charge in [-0.25, -0.2) is 18.4 Å². The Kier molecular flexibility index (Phi) is 4.72. The number of hydrogen-bond donors (Lipinski definition) is 2. The zero-order chi connectivity index (χ0) is 15.6. The second-order valence-electron chi connectivity index (χ2n) is 4.07. The predicted molar refractivity (Wildman–Crippen MR) is 83.0 cm³/mol. The van der Waals surface area contributed by atoms with Crippen LogP contribution in [0.15, 0.2) is 61.6 Å². The van der Waals surface area contributed by atoms with Gasteiger partial charge in [0.05, 0.1) is 10.5 Å². The van der Waals surface area contributed by atoms with E-state index in [1.54, 1.807) is 0 Å². The van der Waals surface area contributed by atoms with Crippen molar-refractivity contribution in [1.29, 1.82) is 0 Å². The first-order chi connectivity index (χ1) is 9.77. The van der Waals surface area contributed by atoms with Gasteiger partial charge in [0.2, 0.25) is 10.0 Å². The van der Waals surface area contributed by atoms with Crippen molar-refractivity contribution in [3.8, 4) is 0 Å². The lowest BCUT2D eigenvalue weighted by Crippen LogP contribution is -2.13. The highest BCUT2D eigenvalue weighted by molar-refractivity contribution is 9.10. The minimum absolute atomic E-state index is 0.105. The molecule has 0 unspecified atom stereocenters. The van der Waals surface area contributed by atoms with E-state index in [0.29, 0.717) is 4.90 Å². The van der Waals surface area contributed by atoms with Crippen LogP contribution < -0.4 is 5.14 Å². The van der Waals surface area contributed by atoms with Crippen molar-refractivity contribution in [2.45, 2.75) is 14.7 Å². The molecule has 0 aromatic heterocycles. The van der Waals surface area contributed by atoms with E-state index >= 15 is 0 Å². The summed E-state index contributed by atoms with van der Waals surface area (Å²) in [5.74, 6) is -1.21. The molecule has 21 heavy (non-hydrogen) atoms. The largest absolute Gasteiger partial charge is 0.478 e. The second kappa shape index (κ2) is 6.18. The maximum atomic E-state index is 11.3. The van der Waals surface area contributed by atoms with Crippen LogP contribution in [-0.4, -0.2) is 19.5 Å². The maximum Gasteiger partial charge on any atom is 0.336 e. The van der Waals surface area contributed by atoms with Crippen molar-refractivity contribution >= 4 is 43.7 Å². The van der Waals surface area contributed by atoms with Crippen molar-refractivity contribution < 1.29 is 18.3 Å². The summed E-state index contributed by atoms with van der Waals surface area (Å²) < 4.78 is 23.5. The predicted octanol–water partition coefficient (Wildman–Crippen LogP) is 2.95. The van der Waals surface area contributed by atoms with Gasteiger partial charge in [-0.05, 0) is 36.4 Å². The minimum Gasteiger partial charge on any atom is -0.478 e. The van der Waals surface area contributed by atoms with Gasteiger partial charge in [0.15, 0.2) is 0 Å². The highest BCUT2D eigenvalue weighted by Gasteiger charge is 2.16. The summed E-state index contributed by atoms with van der Waals surface area (Å²) in [7, 11) is -3.94. The number of carboxylic acids is 1. The molecule has 0 saturated heterocycles. The van der Waals surface area contributed by atoms with Gasteiger partial charge in [-0.15, -0.1) is 0 Å². The first kappa shape index (κ1) is 16.0. The Morgan fingerprint density at radius 3 is 2.48 bits per heavy atom. The van der Waals surface area contributed by atoms with E-state index < -0.39 is 16.0 Å². The number of hydrogen-bond acceptors (Lipinski definition) is 4. The maximum absolute atomic E-state index is 11.3. The Hall–Kier alpha value is -1.35. The molecule has 0 saturated carbocycles. The number of sulfonamides is 1. The summed E-state index contributed by atoms with van der Waals surface area (Å²) in [5, 5.41) is 14.2. The summed E-state index contributed by atoms with van der Waals surface area (Å²) >= 11 is 4.56. The molecule has 0 fully saturated rings. The Balaban J connectivity index is 2.47. The number of primary sulfonamides is 1. The van der Waals surface area contributed by atoms with E-state index in [0.717, 1.165) is 15.4 Å². The van der Waals surface area contributed by atoms with Crippen LogP contribution in [0.25, 0.3) is 0 Å². The minimum atomic E-state index is -3.94. The lowest BCUT2D eigenvalue weighted by Gasteiger charge is -2.08. The molecule has 0 aliphatic rings. The fourth-order valence-electron chi connectivity index (χ4n) is 1.60. The third-order valence-electron chi connectivity index (χ3n) is 2.53. The van der Waals surface area contributed by atoms with Crippen LogP contribution in [0.5, 0.6) is 0 Å². The number of carbonyl (C=O) groups is 1. The van der Waals surface area contributed by atoms with E-state index in [2.05, 4.69) is 15.9 Å². The molecule has 2 rings (SSSR count). The number of nitrogens with two attached hydrogens (primary N) is 1. The van der Waals surface area contributed by atoms with Gasteiger partial charge in [-0.1, -0.05) is 33.8 Å². The van der Waals surface area contributed by atoms with Crippen LogP contribution >= 0.6 is 27.7 Å². The number of rotatable bonds is 4. The molecule has 0 spiro atoms. The zero-order valence-corrected chi connectivity index (χ0v) is 13.7. The van der Waals surface area contributed by atoms with E-state index in [-0.39, 0.29) is 10.5 Å². The third kappa shape index (κ3) is 4.07. The zero-order valence-electron chi connectivity index (χ0n) is 10.5. The molecule has 110 valence electrons. The molecule has 0 amide bonds. The van der Waals surface area contributed by atoms with E-state index in [9.17, 15) is 18.3 Å². The number of carboxylic acid groups (broad SMARTS) is 1. The van der Waals surface area contributed by atoms with Crippen molar-refractivity contribution in [2.24, 2.45) is 5.14 Å². The molecule has 0 aliphatic carbocycles. The molecule has 8 heteroatoms. The van der Waals surface area contributed by atoms with Gasteiger partial charge >= 0.3 is 5.97 Å². The number of aromatic carboxylic acids is 1. The quantitative estimate of drug-likeness (QED) is 0.840. The average molecular weight is 388 g/mol. The lowest BCUT2D eigenvalue weighted by molar-refractivity contribution is 0.0693. The highest BCUT2D eigenvalue weighted by atomic mass is 79.9. The van der Waals surface area contributed by atoms with Crippen molar-refractivity contribution in [3.05, 3.63) is 52.5 Å². The third-order valence-corrected chi connectivity index (χ3v) is 5.00. The molecule has 0 heterocycles. The normalized spacial score (nSPS) is 11.3. The van der Waals surface area contributed by atoms with Crippen LogP contribution in [0.4, 0.5) is 0 Å². The van der Waals surface area contributed by atoms with Gasteiger partial charge in [0.1, 0.15) is 0 Å². The fourth-order valence-corrected chi connectivity index (χ4v) is 3.67. The first-order valence-corrected chi connectivity index (χ1v) is 8.76. The fraction of sp³-hybridized carbons (Fsp3) is 0. The molecule has 0 bridgehead atoms. The van der Waals surface area contributed by atoms with Gasteiger partial charge in [0.25, 0.3) is 0 Å².